The summed E-state index contributed by atoms with van der Waals surface area (Å²) < 4.78 is 5.23. The Morgan fingerprint density at radius 1 is 1.11 bits per heavy atom. The third kappa shape index (κ3) is 8.42. The summed E-state index contributed by atoms with van der Waals surface area (Å²) in [5.74, 6) is -0.0672. The Labute approximate surface area is 115 Å². The number of unbranched alkanes of at least 4 members (excludes halogenated alkanes) is 1. The fraction of sp³-hybridized carbons (Fsp3) is 0.846. The summed E-state index contributed by atoms with van der Waals surface area (Å²) in [6.07, 6.45) is 1.53. The lowest BCUT2D eigenvalue weighted by Gasteiger charge is -2.24. The van der Waals surface area contributed by atoms with Crippen molar-refractivity contribution in [2.45, 2.75) is 45.6 Å². The van der Waals surface area contributed by atoms with E-state index in [2.05, 4.69) is 0 Å². The summed E-state index contributed by atoms with van der Waals surface area (Å²) in [6.45, 7) is 6.06. The van der Waals surface area contributed by atoms with Gasteiger partial charge >= 0.3 is 6.09 Å². The first-order valence-electron chi connectivity index (χ1n) is 6.42. The lowest BCUT2D eigenvalue weighted by Crippen LogP contribution is -2.34. The van der Waals surface area contributed by atoms with E-state index in [1.54, 1.807) is 14.1 Å². The Morgan fingerprint density at radius 3 is 2.16 bits per heavy atom. The second-order valence-corrected chi connectivity index (χ2v) is 5.43. The van der Waals surface area contributed by atoms with Crippen LogP contribution in [0.3, 0.4) is 0 Å². The molecule has 0 aliphatic carbocycles. The molecular formula is C13H26N2O4. The zero-order valence-corrected chi connectivity index (χ0v) is 12.9. The number of nitrogens with zero attached hydrogens (tertiary/aromatic N) is 2. The van der Waals surface area contributed by atoms with Crippen LogP contribution in [0.2, 0.25) is 0 Å². The first-order valence-corrected chi connectivity index (χ1v) is 6.42. The van der Waals surface area contributed by atoms with E-state index in [9.17, 15) is 9.59 Å². The molecule has 0 atom stereocenters. The van der Waals surface area contributed by atoms with Crippen LogP contribution >= 0.6 is 0 Å². The molecule has 0 saturated carbocycles. The quantitative estimate of drug-likeness (QED) is 0.549. The molecule has 19 heavy (non-hydrogen) atoms. The standard InChI is InChI=1S/C13H26N2O4/c1-13(2,3)19-12(17)14(4)10-8-7-9-11(16)15(5)18-6/h7-10H2,1-6H3. The number of amides is 2. The highest BCUT2D eigenvalue weighted by Gasteiger charge is 2.19. The minimum Gasteiger partial charge on any atom is -0.444 e. The van der Waals surface area contributed by atoms with Crippen LogP contribution in [0, 0.1) is 0 Å². The van der Waals surface area contributed by atoms with Gasteiger partial charge in [-0.3, -0.25) is 9.63 Å². The third-order valence-electron chi connectivity index (χ3n) is 2.46. The summed E-state index contributed by atoms with van der Waals surface area (Å²) in [5, 5.41) is 1.21. The minimum atomic E-state index is -0.484. The van der Waals surface area contributed by atoms with E-state index < -0.39 is 5.60 Å². The molecule has 112 valence electrons. The minimum absolute atomic E-state index is 0.0672. The van der Waals surface area contributed by atoms with E-state index in [4.69, 9.17) is 9.57 Å². The number of rotatable bonds is 6. The topological polar surface area (TPSA) is 59.1 Å². The fourth-order valence-corrected chi connectivity index (χ4v) is 1.32. The van der Waals surface area contributed by atoms with Crippen molar-refractivity contribution >= 4 is 12.0 Å². The molecule has 0 spiro atoms. The van der Waals surface area contributed by atoms with Crippen LogP contribution in [0.25, 0.3) is 0 Å². The monoisotopic (exact) mass is 274 g/mol. The van der Waals surface area contributed by atoms with Crippen LogP contribution in [-0.4, -0.2) is 55.3 Å². The second kappa shape index (κ2) is 7.99. The summed E-state index contributed by atoms with van der Waals surface area (Å²) in [5.41, 5.74) is -0.484. The predicted octanol–water partition coefficient (Wildman–Crippen LogP) is 2.04. The smallest absolute Gasteiger partial charge is 0.410 e. The van der Waals surface area contributed by atoms with Crippen molar-refractivity contribution in [3.8, 4) is 0 Å². The first-order chi connectivity index (χ1) is 8.67. The van der Waals surface area contributed by atoms with Crippen molar-refractivity contribution in [2.24, 2.45) is 0 Å². The van der Waals surface area contributed by atoms with Crippen molar-refractivity contribution in [1.29, 1.82) is 0 Å². The van der Waals surface area contributed by atoms with E-state index in [1.807, 2.05) is 20.8 Å². The van der Waals surface area contributed by atoms with Crippen LogP contribution in [0.4, 0.5) is 4.79 Å². The number of carbonyl (C=O) groups excluding carboxylic acids is 2. The first kappa shape index (κ1) is 17.7. The molecule has 6 heteroatoms. The molecule has 0 bridgehead atoms. The number of hydroxylamine groups is 2. The summed E-state index contributed by atoms with van der Waals surface area (Å²) in [6, 6.07) is 0. The fourth-order valence-electron chi connectivity index (χ4n) is 1.32. The zero-order chi connectivity index (χ0) is 15.1. The molecule has 6 nitrogen and oxygen atoms in total. The average Bonchev–Trinajstić information content (AvgIpc) is 2.30. The Morgan fingerprint density at radius 2 is 1.68 bits per heavy atom. The number of hydrogen-bond donors (Lipinski definition) is 0. The van der Waals surface area contributed by atoms with Gasteiger partial charge in [-0.2, -0.15) is 0 Å². The summed E-state index contributed by atoms with van der Waals surface area (Å²) >= 11 is 0. The highest BCUT2D eigenvalue weighted by atomic mass is 16.7. The molecule has 0 aliphatic rings. The molecule has 0 rings (SSSR count). The van der Waals surface area contributed by atoms with Crippen LogP contribution in [0.5, 0.6) is 0 Å². The molecule has 0 saturated heterocycles. The maximum atomic E-state index is 11.6. The number of carbonyl (C=O) groups is 2. The van der Waals surface area contributed by atoms with E-state index in [-0.39, 0.29) is 12.0 Å². The number of hydrogen-bond acceptors (Lipinski definition) is 4. The highest BCUT2D eigenvalue weighted by molar-refractivity contribution is 5.74. The van der Waals surface area contributed by atoms with Crippen LogP contribution in [0.1, 0.15) is 40.0 Å². The normalized spacial score (nSPS) is 11.1. The molecule has 2 amide bonds. The van der Waals surface area contributed by atoms with Crippen molar-refractivity contribution in [3.63, 3.8) is 0 Å². The van der Waals surface area contributed by atoms with Crippen molar-refractivity contribution in [1.82, 2.24) is 9.96 Å². The van der Waals surface area contributed by atoms with Gasteiger partial charge in [-0.1, -0.05) is 0 Å². The van der Waals surface area contributed by atoms with Crippen molar-refractivity contribution in [3.05, 3.63) is 0 Å². The molecule has 0 unspecified atom stereocenters. The lowest BCUT2D eigenvalue weighted by molar-refractivity contribution is -0.168. The van der Waals surface area contributed by atoms with Crippen LogP contribution in [0.15, 0.2) is 0 Å². The third-order valence-corrected chi connectivity index (χ3v) is 2.46. The molecule has 0 aliphatic heterocycles. The molecule has 0 fully saturated rings. The molecule has 0 aromatic heterocycles. The van der Waals surface area contributed by atoms with Crippen molar-refractivity contribution < 1.29 is 19.2 Å². The lowest BCUT2D eigenvalue weighted by atomic mass is 10.2. The van der Waals surface area contributed by atoms with E-state index in [0.29, 0.717) is 19.4 Å². The van der Waals surface area contributed by atoms with Gasteiger partial charge in [-0.15, -0.1) is 0 Å². The molecule has 0 aromatic carbocycles. The van der Waals surface area contributed by atoms with Gasteiger partial charge in [0, 0.05) is 27.1 Å². The van der Waals surface area contributed by atoms with Gasteiger partial charge in [0.2, 0.25) is 5.91 Å². The molecular weight excluding hydrogens is 248 g/mol. The Kier molecular flexibility index (Phi) is 7.44. The van der Waals surface area contributed by atoms with E-state index in [1.165, 1.54) is 17.1 Å². The van der Waals surface area contributed by atoms with Gasteiger partial charge in [-0.05, 0) is 33.6 Å². The Hall–Kier alpha value is -1.30. The van der Waals surface area contributed by atoms with Gasteiger partial charge in [0.15, 0.2) is 0 Å². The van der Waals surface area contributed by atoms with Gasteiger partial charge in [-0.25, -0.2) is 9.86 Å². The zero-order valence-electron chi connectivity index (χ0n) is 12.9. The molecule has 0 aromatic rings. The van der Waals surface area contributed by atoms with Gasteiger partial charge in [0.25, 0.3) is 0 Å². The van der Waals surface area contributed by atoms with Gasteiger partial charge < -0.3 is 9.64 Å². The van der Waals surface area contributed by atoms with Gasteiger partial charge in [0.05, 0.1) is 7.11 Å². The SMILES string of the molecule is CON(C)C(=O)CCCCN(C)C(=O)OC(C)(C)C. The Bertz CT molecular complexity index is 300. The van der Waals surface area contributed by atoms with Gasteiger partial charge in [0.1, 0.15) is 5.60 Å². The van der Waals surface area contributed by atoms with E-state index in [0.717, 1.165) is 6.42 Å². The average molecular weight is 274 g/mol. The largest absolute Gasteiger partial charge is 0.444 e. The van der Waals surface area contributed by atoms with Crippen LogP contribution in [-0.2, 0) is 14.4 Å². The number of ether oxygens (including phenoxy) is 1. The molecule has 0 N–H and O–H groups in total. The molecule has 0 radical (unpaired) electrons. The second-order valence-electron chi connectivity index (χ2n) is 5.43. The maximum Gasteiger partial charge on any atom is 0.410 e. The molecule has 0 heterocycles. The van der Waals surface area contributed by atoms with E-state index >= 15 is 0 Å². The predicted molar refractivity (Wildman–Crippen MR) is 72.5 cm³/mol. The van der Waals surface area contributed by atoms with Crippen molar-refractivity contribution in [2.75, 3.05) is 27.7 Å². The Balaban J connectivity index is 3.83. The van der Waals surface area contributed by atoms with Crippen LogP contribution < -0.4 is 0 Å². The summed E-state index contributed by atoms with van der Waals surface area (Å²) in [7, 11) is 4.72. The summed E-state index contributed by atoms with van der Waals surface area (Å²) in [4.78, 5) is 29.4. The maximum absolute atomic E-state index is 11.6. The highest BCUT2D eigenvalue weighted by Crippen LogP contribution is 2.09.